The van der Waals surface area contributed by atoms with E-state index in [1.807, 2.05) is 24.3 Å². The van der Waals surface area contributed by atoms with E-state index in [0.29, 0.717) is 19.8 Å². The third kappa shape index (κ3) is 7.04. The van der Waals surface area contributed by atoms with Crippen LogP contribution in [0.3, 0.4) is 0 Å². The Morgan fingerprint density at radius 3 is 2.06 bits per heavy atom. The first-order chi connectivity index (χ1) is 15.8. The Hall–Kier alpha value is -2.90. The van der Waals surface area contributed by atoms with Gasteiger partial charge in [-0.1, -0.05) is 48.5 Å². The first kappa shape index (κ1) is 24.7. The molecule has 0 bridgehead atoms. The summed E-state index contributed by atoms with van der Waals surface area (Å²) < 4.78 is 21.5. The molecule has 0 spiro atoms. The number of carbonyl (C=O) groups excluding carboxylic acids is 2. The molecule has 0 N–H and O–H groups in total. The molecule has 1 amide bonds. The van der Waals surface area contributed by atoms with E-state index in [1.54, 1.807) is 27.8 Å². The normalized spacial score (nSPS) is 12.7. The van der Waals surface area contributed by atoms with Crippen LogP contribution in [0.5, 0.6) is 0 Å². The van der Waals surface area contributed by atoms with Gasteiger partial charge in [0.25, 0.3) is 0 Å². The molecule has 1 aliphatic rings. The quantitative estimate of drug-likeness (QED) is 0.394. The van der Waals surface area contributed by atoms with Gasteiger partial charge in [0.15, 0.2) is 0 Å². The van der Waals surface area contributed by atoms with Crippen molar-refractivity contribution in [2.45, 2.75) is 32.3 Å². The smallest absolute Gasteiger partial charge is 0.409 e. The summed E-state index contributed by atoms with van der Waals surface area (Å²) in [4.78, 5) is 25.5. The van der Waals surface area contributed by atoms with Crippen molar-refractivity contribution >= 4 is 12.1 Å². The lowest BCUT2D eigenvalue weighted by molar-refractivity contribution is -0.160. The molecule has 7 heteroatoms. The monoisotopic (exact) mass is 455 g/mol. The third-order valence-electron chi connectivity index (χ3n) is 5.23. The number of esters is 1. The molecular weight excluding hydrogens is 422 g/mol. The van der Waals surface area contributed by atoms with Gasteiger partial charge in [-0.05, 0) is 43.0 Å². The van der Waals surface area contributed by atoms with Gasteiger partial charge >= 0.3 is 12.1 Å². The first-order valence-corrected chi connectivity index (χ1v) is 11.2. The number of hydrogen-bond acceptors (Lipinski definition) is 6. The average Bonchev–Trinajstić information content (AvgIpc) is 3.09. The van der Waals surface area contributed by atoms with Crippen molar-refractivity contribution in [1.29, 1.82) is 0 Å². The van der Waals surface area contributed by atoms with E-state index in [1.165, 1.54) is 27.2 Å². The molecule has 7 nitrogen and oxygen atoms in total. The van der Waals surface area contributed by atoms with Crippen LogP contribution in [0.2, 0.25) is 0 Å². The lowest BCUT2D eigenvalue weighted by Crippen LogP contribution is -2.32. The summed E-state index contributed by atoms with van der Waals surface area (Å²) in [6.45, 7) is 6.93. The van der Waals surface area contributed by atoms with Crippen molar-refractivity contribution in [3.8, 4) is 11.1 Å². The van der Waals surface area contributed by atoms with Crippen molar-refractivity contribution in [3.05, 3.63) is 59.7 Å². The number of carbonyl (C=O) groups is 2. The highest BCUT2D eigenvalue weighted by molar-refractivity contribution is 5.79. The van der Waals surface area contributed by atoms with Gasteiger partial charge in [0.2, 0.25) is 0 Å². The maximum atomic E-state index is 12.5. The molecule has 2 aromatic carbocycles. The predicted molar refractivity (Wildman–Crippen MR) is 125 cm³/mol. The number of ether oxygens (including phenoxy) is 4. The topological polar surface area (TPSA) is 74.3 Å². The van der Waals surface area contributed by atoms with Gasteiger partial charge in [0, 0.05) is 19.5 Å². The van der Waals surface area contributed by atoms with Crippen LogP contribution in [-0.4, -0.2) is 69.2 Å². The molecule has 0 atom stereocenters. The van der Waals surface area contributed by atoms with Crippen LogP contribution >= 0.6 is 0 Å². The fourth-order valence-corrected chi connectivity index (χ4v) is 3.74. The largest absolute Gasteiger partial charge is 0.458 e. The third-order valence-corrected chi connectivity index (χ3v) is 5.23. The van der Waals surface area contributed by atoms with Crippen LogP contribution in [0.15, 0.2) is 48.5 Å². The SMILES string of the molecule is CN(CCOCCOCC(=O)OC(C)(C)C)C(=O)OCC1c2ccccc2-c2ccccc21. The Bertz CT molecular complexity index is 906. The average molecular weight is 456 g/mol. The zero-order chi connectivity index (χ0) is 23.8. The number of hydrogen-bond donors (Lipinski definition) is 0. The maximum Gasteiger partial charge on any atom is 0.409 e. The summed E-state index contributed by atoms with van der Waals surface area (Å²) in [6, 6.07) is 16.5. The van der Waals surface area contributed by atoms with Gasteiger partial charge in [0.1, 0.15) is 18.8 Å². The molecule has 0 radical (unpaired) electrons. The Labute approximate surface area is 195 Å². The first-order valence-electron chi connectivity index (χ1n) is 11.2. The zero-order valence-electron chi connectivity index (χ0n) is 19.8. The van der Waals surface area contributed by atoms with Crippen molar-refractivity contribution in [2.75, 3.05) is 46.6 Å². The highest BCUT2D eigenvalue weighted by Gasteiger charge is 2.29. The Morgan fingerprint density at radius 2 is 1.45 bits per heavy atom. The van der Waals surface area contributed by atoms with Crippen LogP contribution in [-0.2, 0) is 23.7 Å². The fourth-order valence-electron chi connectivity index (χ4n) is 3.74. The van der Waals surface area contributed by atoms with E-state index in [9.17, 15) is 9.59 Å². The summed E-state index contributed by atoms with van der Waals surface area (Å²) in [5, 5.41) is 0. The summed E-state index contributed by atoms with van der Waals surface area (Å²) >= 11 is 0. The van der Waals surface area contributed by atoms with E-state index < -0.39 is 11.6 Å². The van der Waals surface area contributed by atoms with Crippen LogP contribution in [0, 0.1) is 0 Å². The number of fused-ring (bicyclic) bond motifs is 3. The minimum Gasteiger partial charge on any atom is -0.458 e. The van der Waals surface area contributed by atoms with Gasteiger partial charge in [-0.25, -0.2) is 9.59 Å². The second kappa shape index (κ2) is 11.3. The maximum absolute atomic E-state index is 12.5. The van der Waals surface area contributed by atoms with Gasteiger partial charge in [-0.2, -0.15) is 0 Å². The van der Waals surface area contributed by atoms with Gasteiger partial charge in [-0.3, -0.25) is 0 Å². The van der Waals surface area contributed by atoms with Crippen molar-refractivity contribution in [3.63, 3.8) is 0 Å². The molecule has 3 rings (SSSR count). The van der Waals surface area contributed by atoms with Crippen LogP contribution in [0.25, 0.3) is 11.1 Å². The molecule has 2 aromatic rings. The van der Waals surface area contributed by atoms with Gasteiger partial charge in [-0.15, -0.1) is 0 Å². The minimum atomic E-state index is -0.527. The van der Waals surface area contributed by atoms with Crippen molar-refractivity contribution in [1.82, 2.24) is 4.90 Å². The van der Waals surface area contributed by atoms with E-state index in [-0.39, 0.29) is 31.8 Å². The Kier molecular flexibility index (Phi) is 8.47. The second-order valence-electron chi connectivity index (χ2n) is 8.98. The standard InChI is InChI=1S/C26H33NO6/c1-26(2,3)33-24(28)18-31-16-15-30-14-13-27(4)25(29)32-17-23-21-11-7-5-9-19(21)20-10-6-8-12-22(20)23/h5-12,23H,13-18H2,1-4H3. The molecular formula is C26H33NO6. The lowest BCUT2D eigenvalue weighted by atomic mass is 9.98. The summed E-state index contributed by atoms with van der Waals surface area (Å²) in [5.41, 5.74) is 4.24. The van der Waals surface area contributed by atoms with Crippen LogP contribution in [0.1, 0.15) is 37.8 Å². The highest BCUT2D eigenvalue weighted by Crippen LogP contribution is 2.44. The molecule has 0 unspecified atom stereocenters. The summed E-state index contributed by atoms with van der Waals surface area (Å²) in [7, 11) is 1.68. The zero-order valence-corrected chi connectivity index (χ0v) is 19.8. The van der Waals surface area contributed by atoms with E-state index in [4.69, 9.17) is 18.9 Å². The summed E-state index contributed by atoms with van der Waals surface area (Å²) in [5.74, 6) is -0.370. The molecule has 0 heterocycles. The van der Waals surface area contributed by atoms with Crippen molar-refractivity contribution in [2.24, 2.45) is 0 Å². The highest BCUT2D eigenvalue weighted by atomic mass is 16.6. The number of nitrogens with zero attached hydrogens (tertiary/aromatic N) is 1. The minimum absolute atomic E-state index is 0.0353. The fraction of sp³-hybridized carbons (Fsp3) is 0.462. The molecule has 0 saturated carbocycles. The van der Waals surface area contributed by atoms with Crippen LogP contribution < -0.4 is 0 Å². The molecule has 33 heavy (non-hydrogen) atoms. The van der Waals surface area contributed by atoms with E-state index in [2.05, 4.69) is 24.3 Å². The number of benzene rings is 2. The van der Waals surface area contributed by atoms with Crippen LogP contribution in [0.4, 0.5) is 4.79 Å². The predicted octanol–water partition coefficient (Wildman–Crippen LogP) is 4.24. The Balaban J connectivity index is 1.34. The van der Waals surface area contributed by atoms with E-state index in [0.717, 1.165) is 0 Å². The second-order valence-corrected chi connectivity index (χ2v) is 8.98. The molecule has 0 saturated heterocycles. The molecule has 0 aliphatic heterocycles. The van der Waals surface area contributed by atoms with Crippen molar-refractivity contribution < 1.29 is 28.5 Å². The molecule has 0 aromatic heterocycles. The van der Waals surface area contributed by atoms with E-state index >= 15 is 0 Å². The lowest BCUT2D eigenvalue weighted by Gasteiger charge is -2.20. The number of rotatable bonds is 10. The molecule has 178 valence electrons. The molecule has 0 fully saturated rings. The van der Waals surface area contributed by atoms with Gasteiger partial charge in [0.05, 0.1) is 19.8 Å². The summed E-state index contributed by atoms with van der Waals surface area (Å²) in [6.07, 6.45) is -0.387. The number of likely N-dealkylation sites (N-methyl/N-ethyl adjacent to an activating group) is 1. The number of amides is 1. The molecule has 1 aliphatic carbocycles. The van der Waals surface area contributed by atoms with Gasteiger partial charge < -0.3 is 23.8 Å². The Morgan fingerprint density at radius 1 is 0.879 bits per heavy atom.